The first-order chi connectivity index (χ1) is 16.5. The van der Waals surface area contributed by atoms with Gasteiger partial charge < -0.3 is 55.4 Å². The second-order valence-electron chi connectivity index (χ2n) is 8.23. The minimum Gasteiger partial charge on any atom is -0.504 e. The third kappa shape index (κ3) is 6.00. The van der Waals surface area contributed by atoms with Crippen LogP contribution in [0, 0.1) is 0 Å². The number of hydrogen-bond donors (Lipinski definition) is 9. The number of benzene rings is 2. The molecule has 12 heteroatoms. The van der Waals surface area contributed by atoms with Gasteiger partial charge in [0, 0.05) is 12.0 Å². The van der Waals surface area contributed by atoms with E-state index in [1.165, 1.54) is 12.1 Å². The van der Waals surface area contributed by atoms with E-state index < -0.39 is 78.3 Å². The molecule has 0 bridgehead atoms. The molecule has 1 aliphatic heterocycles. The largest absolute Gasteiger partial charge is 0.504 e. The van der Waals surface area contributed by atoms with Gasteiger partial charge >= 0.3 is 0 Å². The van der Waals surface area contributed by atoms with Gasteiger partial charge in [0.05, 0.1) is 12.7 Å². The maximum atomic E-state index is 12.6. The van der Waals surface area contributed by atoms with Crippen LogP contribution >= 0.6 is 0 Å². The van der Waals surface area contributed by atoms with Crippen molar-refractivity contribution in [1.29, 1.82) is 0 Å². The van der Waals surface area contributed by atoms with E-state index in [1.807, 2.05) is 0 Å². The van der Waals surface area contributed by atoms with Crippen molar-refractivity contribution in [3.8, 4) is 23.0 Å². The first-order valence-corrected chi connectivity index (χ1v) is 10.7. The zero-order valence-electron chi connectivity index (χ0n) is 18.4. The zero-order valence-corrected chi connectivity index (χ0v) is 18.4. The lowest BCUT2D eigenvalue weighted by atomic mass is 9.96. The molecule has 0 amide bonds. The lowest BCUT2D eigenvalue weighted by molar-refractivity contribution is -0.317. The number of carbonyl (C=O) groups excluding carboxylic acids is 1. The molecule has 7 atom stereocenters. The molecule has 0 saturated carbocycles. The molecule has 0 aromatic heterocycles. The standard InChI is InChI=1S/C23H28O12/c24-9-18-20(31)21(32)22(33)23(35-18)34-17(19(30)11-2-4-14(27)16(29)8-11)6-5-12(25)10-1-3-13(26)15(28)7-10/h1-4,7-8,17-24,26-33H,5-6,9H2/t17-,18+,19+,20+,21-,22+,23+/m0/s1. The van der Waals surface area contributed by atoms with Crippen LogP contribution in [-0.4, -0.2) is 95.2 Å². The monoisotopic (exact) mass is 496 g/mol. The predicted molar refractivity (Wildman–Crippen MR) is 117 cm³/mol. The molecule has 1 fully saturated rings. The molecular weight excluding hydrogens is 468 g/mol. The summed E-state index contributed by atoms with van der Waals surface area (Å²) in [5.74, 6) is -2.35. The van der Waals surface area contributed by atoms with Gasteiger partial charge in [-0.3, -0.25) is 4.79 Å². The average Bonchev–Trinajstić information content (AvgIpc) is 2.84. The Bertz CT molecular complexity index is 1030. The molecule has 9 N–H and O–H groups in total. The van der Waals surface area contributed by atoms with Crippen LogP contribution in [0.2, 0.25) is 0 Å². The molecule has 192 valence electrons. The lowest BCUT2D eigenvalue weighted by Crippen LogP contribution is -2.59. The number of Topliss-reactive ketones (excluding diaryl/α,β-unsaturated/α-hetero) is 1. The summed E-state index contributed by atoms with van der Waals surface area (Å²) in [7, 11) is 0. The minimum atomic E-state index is -1.76. The second kappa shape index (κ2) is 11.2. The number of carbonyl (C=O) groups is 1. The molecular formula is C23H28O12. The van der Waals surface area contributed by atoms with Crippen molar-refractivity contribution in [2.45, 2.75) is 55.8 Å². The summed E-state index contributed by atoms with van der Waals surface area (Å²) in [4.78, 5) is 12.6. The third-order valence-electron chi connectivity index (χ3n) is 5.80. The highest BCUT2D eigenvalue weighted by Gasteiger charge is 2.45. The fourth-order valence-corrected chi connectivity index (χ4v) is 3.71. The number of aromatic hydroxyl groups is 4. The molecule has 1 heterocycles. The van der Waals surface area contributed by atoms with E-state index >= 15 is 0 Å². The Morgan fingerprint density at radius 1 is 0.886 bits per heavy atom. The van der Waals surface area contributed by atoms with Crippen molar-refractivity contribution < 1.29 is 60.2 Å². The van der Waals surface area contributed by atoms with E-state index in [4.69, 9.17) is 9.47 Å². The molecule has 1 saturated heterocycles. The minimum absolute atomic E-state index is 0.0728. The smallest absolute Gasteiger partial charge is 0.187 e. The van der Waals surface area contributed by atoms with Crippen LogP contribution in [0.5, 0.6) is 23.0 Å². The zero-order chi connectivity index (χ0) is 25.9. The number of aliphatic hydroxyl groups excluding tert-OH is 5. The highest BCUT2D eigenvalue weighted by molar-refractivity contribution is 5.96. The van der Waals surface area contributed by atoms with Crippen molar-refractivity contribution in [2.24, 2.45) is 0 Å². The number of ketones is 1. The quantitative estimate of drug-likeness (QED) is 0.157. The van der Waals surface area contributed by atoms with Gasteiger partial charge in [0.2, 0.25) is 0 Å². The normalized spacial score (nSPS) is 26.3. The second-order valence-corrected chi connectivity index (χ2v) is 8.23. The molecule has 35 heavy (non-hydrogen) atoms. The molecule has 1 aliphatic rings. The summed E-state index contributed by atoms with van der Waals surface area (Å²) in [6.07, 6.45) is -11.2. The van der Waals surface area contributed by atoms with Gasteiger partial charge in [-0.15, -0.1) is 0 Å². The molecule has 2 aromatic rings. The van der Waals surface area contributed by atoms with Crippen LogP contribution in [0.1, 0.15) is 34.9 Å². The fourth-order valence-electron chi connectivity index (χ4n) is 3.71. The highest BCUT2D eigenvalue weighted by Crippen LogP contribution is 2.33. The van der Waals surface area contributed by atoms with Crippen molar-refractivity contribution in [1.82, 2.24) is 0 Å². The summed E-state index contributed by atoms with van der Waals surface area (Å²) in [6.45, 7) is -0.702. The van der Waals surface area contributed by atoms with Crippen LogP contribution in [0.15, 0.2) is 36.4 Å². The fraction of sp³-hybridized carbons (Fsp3) is 0.435. The van der Waals surface area contributed by atoms with Gasteiger partial charge in [-0.05, 0) is 42.3 Å². The van der Waals surface area contributed by atoms with Crippen molar-refractivity contribution in [3.63, 3.8) is 0 Å². The Morgan fingerprint density at radius 3 is 2.11 bits per heavy atom. The molecule has 0 spiro atoms. The first kappa shape index (κ1) is 26.6. The van der Waals surface area contributed by atoms with Crippen LogP contribution < -0.4 is 0 Å². The Morgan fingerprint density at radius 2 is 1.51 bits per heavy atom. The van der Waals surface area contributed by atoms with E-state index in [0.29, 0.717) is 0 Å². The number of aliphatic hydroxyl groups is 5. The summed E-state index contributed by atoms with van der Waals surface area (Å²) in [5, 5.41) is 89.0. The van der Waals surface area contributed by atoms with Gasteiger partial charge in [-0.25, -0.2) is 0 Å². The highest BCUT2D eigenvalue weighted by atomic mass is 16.7. The number of hydrogen-bond acceptors (Lipinski definition) is 12. The molecule has 12 nitrogen and oxygen atoms in total. The Labute approximate surface area is 199 Å². The maximum absolute atomic E-state index is 12.6. The Hall–Kier alpha value is -2.97. The molecule has 2 aromatic carbocycles. The number of ether oxygens (including phenoxy) is 2. The molecule has 0 unspecified atom stereocenters. The van der Waals surface area contributed by atoms with Gasteiger partial charge in [-0.2, -0.15) is 0 Å². The molecule has 0 radical (unpaired) electrons. The average molecular weight is 496 g/mol. The predicted octanol–water partition coefficient (Wildman–Crippen LogP) is -0.609. The number of rotatable bonds is 9. The van der Waals surface area contributed by atoms with Gasteiger partial charge in [-0.1, -0.05) is 6.07 Å². The summed E-state index contributed by atoms with van der Waals surface area (Å²) < 4.78 is 11.0. The van der Waals surface area contributed by atoms with Crippen LogP contribution in [0.3, 0.4) is 0 Å². The van der Waals surface area contributed by atoms with Crippen molar-refractivity contribution >= 4 is 5.78 Å². The van der Waals surface area contributed by atoms with Crippen LogP contribution in [-0.2, 0) is 9.47 Å². The molecule has 0 aliphatic carbocycles. The third-order valence-corrected chi connectivity index (χ3v) is 5.80. The Balaban J connectivity index is 1.82. The maximum Gasteiger partial charge on any atom is 0.187 e. The van der Waals surface area contributed by atoms with Gasteiger partial charge in [0.1, 0.15) is 30.5 Å². The molecule has 3 rings (SSSR count). The summed E-state index contributed by atoms with van der Waals surface area (Å²) >= 11 is 0. The lowest BCUT2D eigenvalue weighted by Gasteiger charge is -2.41. The Kier molecular flexibility index (Phi) is 8.51. The van der Waals surface area contributed by atoms with E-state index in [9.17, 15) is 50.8 Å². The summed E-state index contributed by atoms with van der Waals surface area (Å²) in [6, 6.07) is 6.99. The van der Waals surface area contributed by atoms with E-state index in [-0.39, 0.29) is 24.0 Å². The van der Waals surface area contributed by atoms with Crippen LogP contribution in [0.25, 0.3) is 0 Å². The SMILES string of the molecule is O=C(CC[C@H](O[C@@H]1O[C@H](CO)[C@@H](O)[C@H](O)[C@H]1O)[C@H](O)c1ccc(O)c(O)c1)c1ccc(O)c(O)c1. The number of phenols is 4. The summed E-state index contributed by atoms with van der Waals surface area (Å²) in [5.41, 5.74) is 0.160. The van der Waals surface area contributed by atoms with Gasteiger partial charge in [0.25, 0.3) is 0 Å². The van der Waals surface area contributed by atoms with Crippen molar-refractivity contribution in [2.75, 3.05) is 6.61 Å². The van der Waals surface area contributed by atoms with E-state index in [1.54, 1.807) is 0 Å². The topological polar surface area (TPSA) is 218 Å². The first-order valence-electron chi connectivity index (χ1n) is 10.7. The van der Waals surface area contributed by atoms with Crippen molar-refractivity contribution in [3.05, 3.63) is 47.5 Å². The van der Waals surface area contributed by atoms with Crippen LogP contribution in [0.4, 0.5) is 0 Å². The number of phenolic OH excluding ortho intramolecular Hbond substituents is 4. The van der Waals surface area contributed by atoms with Gasteiger partial charge in [0.15, 0.2) is 35.1 Å². The van der Waals surface area contributed by atoms with E-state index in [0.717, 1.165) is 24.3 Å². The van der Waals surface area contributed by atoms with E-state index in [2.05, 4.69) is 0 Å².